The van der Waals surface area contributed by atoms with Gasteiger partial charge in [-0.25, -0.2) is 0 Å². The molecule has 2 heterocycles. The predicted molar refractivity (Wildman–Crippen MR) is 113 cm³/mol. The Morgan fingerprint density at radius 1 is 1.25 bits per heavy atom. The fraction of sp³-hybridized carbons (Fsp3) is 0.263. The van der Waals surface area contributed by atoms with E-state index in [1.807, 2.05) is 49.6 Å². The van der Waals surface area contributed by atoms with Crippen molar-refractivity contribution in [2.75, 3.05) is 11.9 Å². The average molecular weight is 416 g/mol. The lowest BCUT2D eigenvalue weighted by molar-refractivity contribution is -0.126. The summed E-state index contributed by atoms with van der Waals surface area (Å²) in [5.41, 5.74) is 2.71. The van der Waals surface area contributed by atoms with Crippen LogP contribution in [0.25, 0.3) is 10.7 Å². The minimum Gasteiger partial charge on any atom is -0.345 e. The SMILES string of the molecule is Cc1cccc(C)c1NC(=O)CNC(=O)C(C)n1c(-c2cccs2)n[nH]c1=S. The molecule has 0 aliphatic rings. The van der Waals surface area contributed by atoms with E-state index in [4.69, 9.17) is 12.2 Å². The van der Waals surface area contributed by atoms with Crippen LogP contribution in [0.3, 0.4) is 0 Å². The number of benzene rings is 1. The second-order valence-electron chi connectivity index (χ2n) is 6.41. The van der Waals surface area contributed by atoms with Gasteiger partial charge >= 0.3 is 0 Å². The maximum atomic E-state index is 12.6. The summed E-state index contributed by atoms with van der Waals surface area (Å²) in [6, 6.07) is 8.99. The van der Waals surface area contributed by atoms with E-state index in [-0.39, 0.29) is 18.4 Å². The Morgan fingerprint density at radius 3 is 2.61 bits per heavy atom. The summed E-state index contributed by atoms with van der Waals surface area (Å²) < 4.78 is 2.01. The average Bonchev–Trinajstić information content (AvgIpc) is 3.31. The first kappa shape index (κ1) is 20.0. The molecule has 2 amide bonds. The van der Waals surface area contributed by atoms with Gasteiger partial charge in [0.2, 0.25) is 11.8 Å². The Labute approximate surface area is 171 Å². The number of amides is 2. The Bertz CT molecular complexity index is 1030. The number of rotatable bonds is 6. The van der Waals surface area contributed by atoms with Crippen molar-refractivity contribution in [3.8, 4) is 10.7 Å². The molecule has 0 radical (unpaired) electrons. The van der Waals surface area contributed by atoms with Gasteiger partial charge in [0, 0.05) is 5.69 Å². The number of para-hydroxylation sites is 1. The van der Waals surface area contributed by atoms with E-state index in [1.54, 1.807) is 11.5 Å². The van der Waals surface area contributed by atoms with Crippen LogP contribution in [-0.2, 0) is 9.59 Å². The van der Waals surface area contributed by atoms with Gasteiger partial charge < -0.3 is 10.6 Å². The number of aromatic amines is 1. The summed E-state index contributed by atoms with van der Waals surface area (Å²) >= 11 is 6.79. The van der Waals surface area contributed by atoms with Crippen molar-refractivity contribution >= 4 is 41.1 Å². The number of nitrogens with one attached hydrogen (secondary N) is 3. The van der Waals surface area contributed by atoms with Crippen molar-refractivity contribution in [3.05, 3.63) is 51.6 Å². The molecule has 3 aromatic rings. The lowest BCUT2D eigenvalue weighted by Crippen LogP contribution is -2.37. The molecule has 0 bridgehead atoms. The highest BCUT2D eigenvalue weighted by atomic mass is 32.1. The fourth-order valence-electron chi connectivity index (χ4n) is 2.87. The Morgan fingerprint density at radius 2 is 1.96 bits per heavy atom. The third-order valence-corrected chi connectivity index (χ3v) is 5.54. The van der Waals surface area contributed by atoms with Gasteiger partial charge in [0.05, 0.1) is 11.4 Å². The molecular formula is C19H21N5O2S2. The zero-order valence-electron chi connectivity index (χ0n) is 15.8. The van der Waals surface area contributed by atoms with Gasteiger partial charge in [-0.2, -0.15) is 5.10 Å². The maximum Gasteiger partial charge on any atom is 0.243 e. The van der Waals surface area contributed by atoms with Crippen LogP contribution in [-0.4, -0.2) is 33.1 Å². The zero-order valence-corrected chi connectivity index (χ0v) is 17.4. The minimum atomic E-state index is -0.614. The maximum absolute atomic E-state index is 12.6. The van der Waals surface area contributed by atoms with E-state index in [0.29, 0.717) is 10.6 Å². The predicted octanol–water partition coefficient (Wildman–Crippen LogP) is 3.60. The van der Waals surface area contributed by atoms with Crippen LogP contribution in [0, 0.1) is 18.6 Å². The van der Waals surface area contributed by atoms with Gasteiger partial charge in [0.25, 0.3) is 0 Å². The molecular weight excluding hydrogens is 394 g/mol. The highest BCUT2D eigenvalue weighted by molar-refractivity contribution is 7.71. The number of aryl methyl sites for hydroxylation is 2. The van der Waals surface area contributed by atoms with Gasteiger partial charge in [0.1, 0.15) is 6.04 Å². The summed E-state index contributed by atoms with van der Waals surface area (Å²) in [6.45, 7) is 5.45. The number of hydrogen-bond donors (Lipinski definition) is 3. The van der Waals surface area contributed by atoms with E-state index in [0.717, 1.165) is 21.7 Å². The molecule has 1 aromatic carbocycles. The largest absolute Gasteiger partial charge is 0.345 e. The van der Waals surface area contributed by atoms with Crippen LogP contribution in [0.2, 0.25) is 0 Å². The van der Waals surface area contributed by atoms with E-state index in [1.165, 1.54) is 11.3 Å². The molecule has 9 heteroatoms. The number of nitrogens with zero attached hydrogens (tertiary/aromatic N) is 2. The highest BCUT2D eigenvalue weighted by Crippen LogP contribution is 2.25. The smallest absolute Gasteiger partial charge is 0.243 e. The molecule has 0 aliphatic heterocycles. The first-order chi connectivity index (χ1) is 13.4. The third kappa shape index (κ3) is 4.20. The zero-order chi connectivity index (χ0) is 20.3. The summed E-state index contributed by atoms with van der Waals surface area (Å²) in [7, 11) is 0. The molecule has 3 rings (SSSR count). The summed E-state index contributed by atoms with van der Waals surface area (Å²) in [4.78, 5) is 25.8. The van der Waals surface area contributed by atoms with E-state index >= 15 is 0 Å². The molecule has 1 unspecified atom stereocenters. The number of anilines is 1. The second-order valence-corrected chi connectivity index (χ2v) is 7.74. The molecule has 146 valence electrons. The molecule has 0 spiro atoms. The quantitative estimate of drug-likeness (QED) is 0.537. The van der Waals surface area contributed by atoms with Gasteiger partial charge in [-0.05, 0) is 55.6 Å². The molecule has 1 atom stereocenters. The third-order valence-electron chi connectivity index (χ3n) is 4.38. The van der Waals surface area contributed by atoms with Crippen molar-refractivity contribution in [1.29, 1.82) is 0 Å². The van der Waals surface area contributed by atoms with Crippen molar-refractivity contribution in [2.45, 2.75) is 26.8 Å². The van der Waals surface area contributed by atoms with E-state index < -0.39 is 6.04 Å². The molecule has 0 fully saturated rings. The van der Waals surface area contributed by atoms with Crippen molar-refractivity contribution < 1.29 is 9.59 Å². The lowest BCUT2D eigenvalue weighted by atomic mass is 10.1. The molecule has 3 N–H and O–H groups in total. The molecule has 0 saturated heterocycles. The fourth-order valence-corrected chi connectivity index (χ4v) is 3.87. The Balaban J connectivity index is 1.67. The van der Waals surface area contributed by atoms with Crippen LogP contribution in [0.15, 0.2) is 35.7 Å². The number of aromatic nitrogens is 3. The van der Waals surface area contributed by atoms with Crippen molar-refractivity contribution in [2.24, 2.45) is 0 Å². The second kappa shape index (κ2) is 8.49. The topological polar surface area (TPSA) is 91.8 Å². The van der Waals surface area contributed by atoms with Crippen LogP contribution >= 0.6 is 23.6 Å². The van der Waals surface area contributed by atoms with Crippen LogP contribution in [0.4, 0.5) is 5.69 Å². The summed E-state index contributed by atoms with van der Waals surface area (Å²) in [5.74, 6) is 0.00168. The molecule has 0 saturated carbocycles. The van der Waals surface area contributed by atoms with E-state index in [9.17, 15) is 9.59 Å². The van der Waals surface area contributed by atoms with Crippen LogP contribution in [0.5, 0.6) is 0 Å². The Hall–Kier alpha value is -2.78. The highest BCUT2D eigenvalue weighted by Gasteiger charge is 2.21. The summed E-state index contributed by atoms with van der Waals surface area (Å²) in [5, 5.41) is 14.4. The molecule has 2 aromatic heterocycles. The van der Waals surface area contributed by atoms with E-state index in [2.05, 4.69) is 20.8 Å². The standard InChI is InChI=1S/C19H21N5O2S2/c1-11-6-4-7-12(2)16(11)21-15(25)10-20-18(26)13(3)24-17(22-23-19(24)27)14-8-5-9-28-14/h4-9,13H,10H2,1-3H3,(H,20,26)(H,21,25)(H,23,27). The summed E-state index contributed by atoms with van der Waals surface area (Å²) in [6.07, 6.45) is 0. The first-order valence-electron chi connectivity index (χ1n) is 8.73. The molecule has 28 heavy (non-hydrogen) atoms. The van der Waals surface area contributed by atoms with Gasteiger partial charge in [-0.3, -0.25) is 19.3 Å². The van der Waals surface area contributed by atoms with Gasteiger partial charge in [-0.1, -0.05) is 24.3 Å². The van der Waals surface area contributed by atoms with Gasteiger partial charge in [-0.15, -0.1) is 11.3 Å². The lowest BCUT2D eigenvalue weighted by Gasteiger charge is -2.16. The van der Waals surface area contributed by atoms with Crippen molar-refractivity contribution in [1.82, 2.24) is 20.1 Å². The number of carbonyl (C=O) groups is 2. The monoisotopic (exact) mass is 415 g/mol. The number of hydrogen-bond acceptors (Lipinski definition) is 5. The van der Waals surface area contributed by atoms with Crippen LogP contribution < -0.4 is 10.6 Å². The number of thiophene rings is 1. The molecule has 0 aliphatic carbocycles. The first-order valence-corrected chi connectivity index (χ1v) is 10.0. The normalized spacial score (nSPS) is 11.8. The van der Waals surface area contributed by atoms with Crippen LogP contribution in [0.1, 0.15) is 24.1 Å². The minimum absolute atomic E-state index is 0.129. The Kier molecular flexibility index (Phi) is 6.05. The molecule has 7 nitrogen and oxygen atoms in total. The number of H-pyrrole nitrogens is 1. The van der Waals surface area contributed by atoms with Crippen molar-refractivity contribution in [3.63, 3.8) is 0 Å². The number of carbonyl (C=O) groups excluding carboxylic acids is 2. The van der Waals surface area contributed by atoms with Gasteiger partial charge in [0.15, 0.2) is 10.6 Å².